The van der Waals surface area contributed by atoms with E-state index in [-0.39, 0.29) is 0 Å². The number of unbranched alkanes of at least 4 members (excludes halogenated alkanes) is 12. The van der Waals surface area contributed by atoms with Crippen molar-refractivity contribution < 1.29 is 0 Å². The Bertz CT molecular complexity index is 129. The van der Waals surface area contributed by atoms with Crippen LogP contribution >= 0.6 is 0 Å². The molecule has 0 saturated heterocycles. The first-order valence-electron chi connectivity index (χ1n) is 9.41. The first-order valence-corrected chi connectivity index (χ1v) is 11.4. The van der Waals surface area contributed by atoms with Gasteiger partial charge in [-0.1, -0.05) is 116 Å². The van der Waals surface area contributed by atoms with E-state index in [1.54, 1.807) is 18.5 Å². The second-order valence-electron chi connectivity index (χ2n) is 6.30. The van der Waals surface area contributed by atoms with Gasteiger partial charge < -0.3 is 0 Å². The van der Waals surface area contributed by atoms with Gasteiger partial charge in [0.25, 0.3) is 0 Å². The monoisotopic (exact) mass is 284 g/mol. The summed E-state index contributed by atoms with van der Waals surface area (Å²) >= 11 is 0. The maximum Gasteiger partial charge on any atom is 0.0197 e. The van der Waals surface area contributed by atoms with Crippen LogP contribution in [-0.2, 0) is 0 Å². The van der Waals surface area contributed by atoms with Crippen LogP contribution in [-0.4, -0.2) is 9.52 Å². The molecule has 0 heterocycles. The molecule has 0 bridgehead atoms. The number of hydrogen-bond donors (Lipinski definition) is 0. The predicted molar refractivity (Wildman–Crippen MR) is 94.1 cm³/mol. The predicted octanol–water partition coefficient (Wildman–Crippen LogP) is 6.49. The minimum atomic E-state index is 0.335. The highest BCUT2D eigenvalue weighted by Gasteiger charge is 1.94. The van der Waals surface area contributed by atoms with Crippen LogP contribution in [0.5, 0.6) is 0 Å². The standard InChI is InChI=1S/C18H40Si/c1-3-5-7-8-9-10-11-12-13-14-16-18-19-17-15-6-4-2/h3-19H2,1-2H3. The molecular weight excluding hydrogens is 244 g/mol. The Hall–Kier alpha value is 0.217. The molecule has 19 heavy (non-hydrogen) atoms. The smallest absolute Gasteiger partial charge is 0.0197 e. The summed E-state index contributed by atoms with van der Waals surface area (Å²) in [6, 6.07) is 3.24. The molecule has 0 aromatic rings. The fraction of sp³-hybridized carbons (Fsp3) is 1.00. The van der Waals surface area contributed by atoms with Gasteiger partial charge in [0.15, 0.2) is 0 Å². The van der Waals surface area contributed by atoms with Crippen molar-refractivity contribution in [2.45, 2.75) is 116 Å². The van der Waals surface area contributed by atoms with Crippen LogP contribution in [0.4, 0.5) is 0 Å². The lowest BCUT2D eigenvalue weighted by Crippen LogP contribution is -1.89. The van der Waals surface area contributed by atoms with Gasteiger partial charge in [-0.05, 0) is 0 Å². The molecule has 0 aliphatic carbocycles. The Balaban J connectivity index is 2.88. The molecule has 0 nitrogen and oxygen atoms in total. The zero-order chi connectivity index (χ0) is 14.0. The first-order chi connectivity index (χ1) is 9.41. The third-order valence-corrected chi connectivity index (χ3v) is 6.21. The van der Waals surface area contributed by atoms with Gasteiger partial charge in [0.2, 0.25) is 0 Å². The fourth-order valence-corrected chi connectivity index (χ4v) is 4.57. The van der Waals surface area contributed by atoms with Crippen LogP contribution in [0.1, 0.15) is 104 Å². The lowest BCUT2D eigenvalue weighted by molar-refractivity contribution is 0.554. The summed E-state index contributed by atoms with van der Waals surface area (Å²) in [5, 5.41) is 0. The molecule has 0 aliphatic rings. The van der Waals surface area contributed by atoms with E-state index in [0.717, 1.165) is 0 Å². The lowest BCUT2D eigenvalue weighted by atomic mass is 10.1. The largest absolute Gasteiger partial charge is 0.0654 e. The second-order valence-corrected chi connectivity index (χ2v) is 8.42. The Morgan fingerprint density at radius 3 is 1.21 bits per heavy atom. The molecule has 0 unspecified atom stereocenters. The van der Waals surface area contributed by atoms with E-state index in [2.05, 4.69) is 13.8 Å². The van der Waals surface area contributed by atoms with E-state index in [1.165, 1.54) is 83.5 Å². The average Bonchev–Trinajstić information content (AvgIpc) is 2.43. The highest BCUT2D eigenvalue weighted by molar-refractivity contribution is 6.35. The third kappa shape index (κ3) is 18.2. The van der Waals surface area contributed by atoms with E-state index in [4.69, 9.17) is 0 Å². The molecule has 0 atom stereocenters. The maximum absolute atomic E-state index is 2.31. The highest BCUT2D eigenvalue weighted by atomic mass is 28.2. The molecule has 0 fully saturated rings. The van der Waals surface area contributed by atoms with Crippen molar-refractivity contribution in [2.24, 2.45) is 0 Å². The molecule has 0 amide bonds. The minimum absolute atomic E-state index is 0.335. The quantitative estimate of drug-likeness (QED) is 0.224. The van der Waals surface area contributed by atoms with E-state index >= 15 is 0 Å². The average molecular weight is 285 g/mol. The Morgan fingerprint density at radius 1 is 0.421 bits per heavy atom. The van der Waals surface area contributed by atoms with Crippen LogP contribution in [0.2, 0.25) is 12.1 Å². The zero-order valence-electron chi connectivity index (χ0n) is 14.0. The van der Waals surface area contributed by atoms with Crippen molar-refractivity contribution in [1.29, 1.82) is 0 Å². The summed E-state index contributed by atoms with van der Waals surface area (Å²) in [5.74, 6) is 0. The Labute approximate surface area is 126 Å². The van der Waals surface area contributed by atoms with E-state index in [1.807, 2.05) is 0 Å². The van der Waals surface area contributed by atoms with Crippen LogP contribution in [0.25, 0.3) is 0 Å². The molecule has 0 aromatic carbocycles. The van der Waals surface area contributed by atoms with Crippen LogP contribution in [0.15, 0.2) is 0 Å². The summed E-state index contributed by atoms with van der Waals surface area (Å²) in [5.41, 5.74) is 0. The second kappa shape index (κ2) is 18.2. The normalized spacial score (nSPS) is 11.7. The first kappa shape index (κ1) is 19.2. The lowest BCUT2D eigenvalue weighted by Gasteiger charge is -2.03. The summed E-state index contributed by atoms with van der Waals surface area (Å²) in [6.07, 6.45) is 20.8. The van der Waals surface area contributed by atoms with Gasteiger partial charge in [-0.2, -0.15) is 0 Å². The van der Waals surface area contributed by atoms with Gasteiger partial charge in [-0.25, -0.2) is 0 Å². The highest BCUT2D eigenvalue weighted by Crippen LogP contribution is 2.12. The van der Waals surface area contributed by atoms with Gasteiger partial charge in [-0.15, -0.1) is 0 Å². The van der Waals surface area contributed by atoms with E-state index in [0.29, 0.717) is 9.52 Å². The van der Waals surface area contributed by atoms with Crippen molar-refractivity contribution in [3.05, 3.63) is 0 Å². The maximum atomic E-state index is 2.31. The van der Waals surface area contributed by atoms with Gasteiger partial charge in [0.05, 0.1) is 0 Å². The van der Waals surface area contributed by atoms with Gasteiger partial charge in [-0.3, -0.25) is 0 Å². The summed E-state index contributed by atoms with van der Waals surface area (Å²) < 4.78 is 0. The third-order valence-electron chi connectivity index (χ3n) is 4.21. The van der Waals surface area contributed by atoms with Crippen molar-refractivity contribution in [2.75, 3.05) is 0 Å². The molecule has 0 aromatic heterocycles. The number of hydrogen-bond acceptors (Lipinski definition) is 0. The molecule has 0 saturated carbocycles. The van der Waals surface area contributed by atoms with Gasteiger partial charge in [0.1, 0.15) is 0 Å². The molecule has 0 radical (unpaired) electrons. The fourth-order valence-electron chi connectivity index (χ4n) is 2.80. The van der Waals surface area contributed by atoms with Crippen LogP contribution in [0.3, 0.4) is 0 Å². The molecule has 0 spiro atoms. The topological polar surface area (TPSA) is 0 Å². The van der Waals surface area contributed by atoms with E-state index in [9.17, 15) is 0 Å². The Morgan fingerprint density at radius 2 is 0.737 bits per heavy atom. The van der Waals surface area contributed by atoms with Gasteiger partial charge >= 0.3 is 0 Å². The van der Waals surface area contributed by atoms with Crippen LogP contribution in [0, 0.1) is 0 Å². The minimum Gasteiger partial charge on any atom is -0.0654 e. The number of rotatable bonds is 16. The summed E-state index contributed by atoms with van der Waals surface area (Å²) in [4.78, 5) is 0. The molecule has 1 heteroatoms. The van der Waals surface area contributed by atoms with Crippen molar-refractivity contribution in [3.8, 4) is 0 Å². The van der Waals surface area contributed by atoms with Crippen molar-refractivity contribution in [1.82, 2.24) is 0 Å². The van der Waals surface area contributed by atoms with E-state index < -0.39 is 0 Å². The Kier molecular flexibility index (Phi) is 18.4. The zero-order valence-corrected chi connectivity index (χ0v) is 15.4. The molecule has 116 valence electrons. The van der Waals surface area contributed by atoms with Gasteiger partial charge in [0, 0.05) is 9.52 Å². The van der Waals surface area contributed by atoms with Crippen LogP contribution < -0.4 is 0 Å². The molecule has 0 aliphatic heterocycles. The SMILES string of the molecule is CCCCCCCCCCCCC[SiH2]CCCCC. The van der Waals surface area contributed by atoms with Crippen molar-refractivity contribution in [3.63, 3.8) is 0 Å². The molecule has 0 N–H and O–H groups in total. The molecular formula is C18H40Si. The van der Waals surface area contributed by atoms with Crippen molar-refractivity contribution >= 4 is 9.52 Å². The molecule has 0 rings (SSSR count). The summed E-state index contributed by atoms with van der Waals surface area (Å²) in [6.45, 7) is 4.61. The summed E-state index contributed by atoms with van der Waals surface area (Å²) in [7, 11) is 0.335.